The van der Waals surface area contributed by atoms with Crippen LogP contribution in [-0.2, 0) is 9.84 Å². The van der Waals surface area contributed by atoms with Gasteiger partial charge in [0.25, 0.3) is 0 Å². The third-order valence-electron chi connectivity index (χ3n) is 2.75. The lowest BCUT2D eigenvalue weighted by molar-refractivity contribution is 0.454. The van der Waals surface area contributed by atoms with E-state index in [0.717, 1.165) is 6.54 Å². The molecule has 1 N–H and O–H groups in total. The Morgan fingerprint density at radius 3 is 2.31 bits per heavy atom. The highest BCUT2D eigenvalue weighted by atomic mass is 32.2. The molecular weight excluding hydrogens is 186 g/mol. The van der Waals surface area contributed by atoms with Crippen LogP contribution in [0.5, 0.6) is 0 Å². The van der Waals surface area contributed by atoms with Gasteiger partial charge in [0, 0.05) is 12.3 Å². The van der Waals surface area contributed by atoms with Crippen molar-refractivity contribution < 1.29 is 8.42 Å². The van der Waals surface area contributed by atoms with E-state index in [0.29, 0.717) is 5.92 Å². The summed E-state index contributed by atoms with van der Waals surface area (Å²) in [6, 6.07) is 0.167. The minimum Gasteiger partial charge on any atom is -0.313 e. The molecule has 3 nitrogen and oxygen atoms in total. The smallest absolute Gasteiger partial charge is 0.151 e. The molecule has 0 aliphatic heterocycles. The second kappa shape index (κ2) is 3.96. The van der Waals surface area contributed by atoms with Crippen LogP contribution in [0, 0.1) is 5.92 Å². The van der Waals surface area contributed by atoms with Crippen molar-refractivity contribution in [1.29, 1.82) is 0 Å². The Morgan fingerprint density at radius 2 is 2.00 bits per heavy atom. The molecule has 13 heavy (non-hydrogen) atoms. The molecule has 0 aromatic heterocycles. The maximum Gasteiger partial charge on any atom is 0.151 e. The lowest BCUT2D eigenvalue weighted by atomic mass is 10.1. The highest BCUT2D eigenvalue weighted by Crippen LogP contribution is 2.35. The molecule has 1 fully saturated rings. The van der Waals surface area contributed by atoms with Gasteiger partial charge in [-0.3, -0.25) is 0 Å². The molecule has 0 spiro atoms. The van der Waals surface area contributed by atoms with Crippen LogP contribution in [0.4, 0.5) is 0 Å². The van der Waals surface area contributed by atoms with Crippen LogP contribution >= 0.6 is 0 Å². The molecule has 0 amide bonds. The number of hydrogen-bond acceptors (Lipinski definition) is 3. The zero-order valence-electron chi connectivity index (χ0n) is 8.58. The molecular formula is C9H19NO2S. The molecule has 4 heteroatoms. The summed E-state index contributed by atoms with van der Waals surface area (Å²) in [5.41, 5.74) is 0. The first-order valence-corrected chi connectivity index (χ1v) is 6.84. The van der Waals surface area contributed by atoms with Gasteiger partial charge in [0.1, 0.15) is 0 Å². The number of nitrogens with one attached hydrogen (secondary N) is 1. The number of hydrogen-bond donors (Lipinski definition) is 1. The van der Waals surface area contributed by atoms with Gasteiger partial charge in [-0.1, -0.05) is 6.92 Å². The average Bonchev–Trinajstić information content (AvgIpc) is 2.79. The normalized spacial score (nSPS) is 22.7. The van der Waals surface area contributed by atoms with Crippen LogP contribution < -0.4 is 5.32 Å². The predicted molar refractivity (Wildman–Crippen MR) is 54.5 cm³/mol. The quantitative estimate of drug-likeness (QED) is 0.722. The summed E-state index contributed by atoms with van der Waals surface area (Å²) >= 11 is 0. The Bertz CT molecular complexity index is 257. The van der Waals surface area contributed by atoms with Gasteiger partial charge in [0.15, 0.2) is 9.84 Å². The van der Waals surface area contributed by atoms with Gasteiger partial charge in [-0.05, 0) is 32.2 Å². The molecule has 1 aliphatic carbocycles. The van der Waals surface area contributed by atoms with Gasteiger partial charge in [-0.25, -0.2) is 8.42 Å². The fraction of sp³-hybridized carbons (Fsp3) is 1.00. The van der Waals surface area contributed by atoms with Crippen LogP contribution in [0.15, 0.2) is 0 Å². The van der Waals surface area contributed by atoms with Crippen molar-refractivity contribution >= 4 is 9.84 Å². The minimum absolute atomic E-state index is 0.167. The molecule has 1 aliphatic rings. The summed E-state index contributed by atoms with van der Waals surface area (Å²) < 4.78 is 22.7. The van der Waals surface area contributed by atoms with Crippen molar-refractivity contribution in [1.82, 2.24) is 5.32 Å². The maximum absolute atomic E-state index is 11.3. The average molecular weight is 205 g/mol. The summed E-state index contributed by atoms with van der Waals surface area (Å²) in [6.45, 7) is 4.67. The molecule has 1 saturated carbocycles. The summed E-state index contributed by atoms with van der Waals surface area (Å²) in [6.07, 6.45) is 3.68. The van der Waals surface area contributed by atoms with E-state index in [1.165, 1.54) is 19.1 Å². The summed E-state index contributed by atoms with van der Waals surface area (Å²) in [5.74, 6) is 0.588. The first-order valence-electron chi connectivity index (χ1n) is 4.89. The predicted octanol–water partition coefficient (Wildman–Crippen LogP) is 0.808. The van der Waals surface area contributed by atoms with Crippen molar-refractivity contribution in [3.05, 3.63) is 0 Å². The first kappa shape index (κ1) is 11.0. The van der Waals surface area contributed by atoms with Crippen molar-refractivity contribution in [2.45, 2.75) is 38.0 Å². The van der Waals surface area contributed by atoms with E-state index in [-0.39, 0.29) is 11.3 Å². The summed E-state index contributed by atoms with van der Waals surface area (Å²) in [4.78, 5) is 0. The van der Waals surface area contributed by atoms with Gasteiger partial charge in [0.2, 0.25) is 0 Å². The monoisotopic (exact) mass is 205 g/mol. The van der Waals surface area contributed by atoms with E-state index in [1.54, 1.807) is 6.92 Å². The third kappa shape index (κ3) is 2.95. The van der Waals surface area contributed by atoms with E-state index < -0.39 is 9.84 Å². The van der Waals surface area contributed by atoms with Crippen molar-refractivity contribution in [3.8, 4) is 0 Å². The molecule has 1 rings (SSSR count). The van der Waals surface area contributed by atoms with Crippen molar-refractivity contribution in [2.24, 2.45) is 5.92 Å². The second-order valence-electron chi connectivity index (χ2n) is 3.96. The topological polar surface area (TPSA) is 46.2 Å². The molecule has 0 heterocycles. The highest BCUT2D eigenvalue weighted by molar-refractivity contribution is 7.91. The van der Waals surface area contributed by atoms with Crippen LogP contribution in [0.25, 0.3) is 0 Å². The van der Waals surface area contributed by atoms with Gasteiger partial charge in [-0.2, -0.15) is 0 Å². The van der Waals surface area contributed by atoms with Gasteiger partial charge < -0.3 is 5.32 Å². The van der Waals surface area contributed by atoms with Crippen LogP contribution in [0.2, 0.25) is 0 Å². The molecule has 0 bridgehead atoms. The zero-order valence-corrected chi connectivity index (χ0v) is 9.39. The van der Waals surface area contributed by atoms with Gasteiger partial charge in [0.05, 0.1) is 5.25 Å². The van der Waals surface area contributed by atoms with Gasteiger partial charge >= 0.3 is 0 Å². The lowest BCUT2D eigenvalue weighted by Gasteiger charge is -2.23. The summed E-state index contributed by atoms with van der Waals surface area (Å²) in [7, 11) is -2.89. The standard InChI is InChI=1S/C9H19NO2S/c1-4-10-9(8-5-6-8)7(2)13(3,11)12/h7-10H,4-6H2,1-3H3. The fourth-order valence-electron chi connectivity index (χ4n) is 1.67. The number of rotatable bonds is 5. The van der Waals surface area contributed by atoms with Gasteiger partial charge in [-0.15, -0.1) is 0 Å². The number of sulfone groups is 1. The Morgan fingerprint density at radius 1 is 1.46 bits per heavy atom. The Kier molecular flexibility index (Phi) is 3.35. The fourth-order valence-corrected chi connectivity index (χ4v) is 2.52. The second-order valence-corrected chi connectivity index (χ2v) is 6.36. The Balaban J connectivity index is 2.63. The van der Waals surface area contributed by atoms with E-state index in [9.17, 15) is 8.42 Å². The minimum atomic E-state index is -2.89. The zero-order chi connectivity index (χ0) is 10.1. The first-order chi connectivity index (χ1) is 5.96. The lowest BCUT2D eigenvalue weighted by Crippen LogP contribution is -2.43. The van der Waals surface area contributed by atoms with E-state index in [1.807, 2.05) is 6.92 Å². The highest BCUT2D eigenvalue weighted by Gasteiger charge is 2.37. The molecule has 2 unspecified atom stereocenters. The molecule has 0 saturated heterocycles. The van der Waals surface area contributed by atoms with Crippen LogP contribution in [0.1, 0.15) is 26.7 Å². The molecule has 0 aromatic rings. The van der Waals surface area contributed by atoms with Crippen molar-refractivity contribution in [2.75, 3.05) is 12.8 Å². The molecule has 0 radical (unpaired) electrons. The third-order valence-corrected chi connectivity index (χ3v) is 4.39. The van der Waals surface area contributed by atoms with E-state index in [4.69, 9.17) is 0 Å². The van der Waals surface area contributed by atoms with Crippen molar-refractivity contribution in [3.63, 3.8) is 0 Å². The molecule has 78 valence electrons. The molecule has 0 aromatic carbocycles. The maximum atomic E-state index is 11.3. The van der Waals surface area contributed by atoms with E-state index in [2.05, 4.69) is 5.32 Å². The summed E-state index contributed by atoms with van der Waals surface area (Å²) in [5, 5.41) is 3.02. The Labute approximate surface area is 80.8 Å². The van der Waals surface area contributed by atoms with Crippen LogP contribution in [0.3, 0.4) is 0 Å². The largest absolute Gasteiger partial charge is 0.313 e. The van der Waals surface area contributed by atoms with Crippen LogP contribution in [-0.4, -0.2) is 32.5 Å². The van der Waals surface area contributed by atoms with E-state index >= 15 is 0 Å². The Hall–Kier alpha value is -0.0900. The SMILES string of the molecule is CCNC(C1CC1)C(C)S(C)(=O)=O. The molecule has 2 atom stereocenters.